The number of likely N-dealkylation sites (N-methyl/N-ethyl adjacent to an activating group) is 2. The lowest BCUT2D eigenvalue weighted by Gasteiger charge is -2.38. The minimum Gasteiger partial charge on any atom is -0.306 e. The molecule has 22 heavy (non-hydrogen) atoms. The first-order chi connectivity index (χ1) is 10.5. The molecule has 0 N–H and O–H groups in total. The molecule has 0 radical (unpaired) electrons. The summed E-state index contributed by atoms with van der Waals surface area (Å²) in [5.74, 6) is 3.14. The first kappa shape index (κ1) is 13.2. The van der Waals surface area contributed by atoms with Crippen LogP contribution in [0.5, 0.6) is 0 Å². The van der Waals surface area contributed by atoms with E-state index in [2.05, 4.69) is 25.9 Å². The molecule has 4 saturated carbocycles. The van der Waals surface area contributed by atoms with Crippen molar-refractivity contribution in [3.8, 4) is 0 Å². The van der Waals surface area contributed by atoms with Crippen molar-refractivity contribution in [1.82, 2.24) is 4.90 Å². The molecule has 122 valence electrons. The van der Waals surface area contributed by atoms with Crippen LogP contribution in [-0.4, -0.2) is 52.7 Å². The van der Waals surface area contributed by atoms with Crippen molar-refractivity contribution < 1.29 is 4.48 Å². The molecule has 6 rings (SSSR count). The van der Waals surface area contributed by atoms with Gasteiger partial charge in [0.25, 0.3) is 0 Å². The second-order valence-corrected chi connectivity index (χ2v) is 10.3. The highest BCUT2D eigenvalue weighted by atomic mass is 15.6. The van der Waals surface area contributed by atoms with E-state index in [1.807, 2.05) is 0 Å². The topological polar surface area (TPSA) is 3.01 Å². The molecular formula is C20H33N2+. The monoisotopic (exact) mass is 301 g/mol. The van der Waals surface area contributed by atoms with Crippen LogP contribution in [0.4, 0.5) is 0 Å². The fraction of sp³-hybridized carbons (Fsp3) is 1.00. The molecule has 10 atom stereocenters. The molecule has 2 aliphatic heterocycles. The highest BCUT2D eigenvalue weighted by Crippen LogP contribution is 2.73. The first-order valence-electron chi connectivity index (χ1n) is 10.1. The molecule has 0 aromatic rings. The average molecular weight is 301 g/mol. The van der Waals surface area contributed by atoms with Gasteiger partial charge in [-0.2, -0.15) is 0 Å². The van der Waals surface area contributed by atoms with Gasteiger partial charge in [0, 0.05) is 43.2 Å². The highest BCUT2D eigenvalue weighted by molar-refractivity contribution is 5.26. The number of likely N-dealkylation sites (tertiary alicyclic amines) is 2. The van der Waals surface area contributed by atoms with E-state index in [9.17, 15) is 0 Å². The lowest BCUT2D eigenvalue weighted by Crippen LogP contribution is -2.49. The fourth-order valence-corrected chi connectivity index (χ4v) is 9.45. The van der Waals surface area contributed by atoms with Gasteiger partial charge in [-0.25, -0.2) is 0 Å². The van der Waals surface area contributed by atoms with Gasteiger partial charge in [-0.1, -0.05) is 13.3 Å². The zero-order valence-electron chi connectivity index (χ0n) is 14.7. The summed E-state index contributed by atoms with van der Waals surface area (Å²) in [5, 5.41) is 0. The Hall–Kier alpha value is -0.0800. The van der Waals surface area contributed by atoms with Gasteiger partial charge in [-0.15, -0.1) is 0 Å². The van der Waals surface area contributed by atoms with E-state index in [1.54, 1.807) is 32.1 Å². The Balaban J connectivity index is 1.33. The van der Waals surface area contributed by atoms with E-state index in [0.717, 1.165) is 41.4 Å². The van der Waals surface area contributed by atoms with Crippen molar-refractivity contribution in [3.05, 3.63) is 0 Å². The maximum Gasteiger partial charge on any atom is 0.155 e. The number of rotatable bonds is 1. The minimum absolute atomic E-state index is 0.695. The molecule has 2 saturated heterocycles. The van der Waals surface area contributed by atoms with Gasteiger partial charge >= 0.3 is 0 Å². The molecule has 0 bridgehead atoms. The first-order valence-corrected chi connectivity index (χ1v) is 10.1. The molecule has 0 amide bonds. The van der Waals surface area contributed by atoms with E-state index in [0.29, 0.717) is 5.54 Å². The number of hydrogen-bond acceptors (Lipinski definition) is 1. The predicted molar refractivity (Wildman–Crippen MR) is 88.5 cm³/mol. The van der Waals surface area contributed by atoms with Crippen LogP contribution < -0.4 is 0 Å². The third kappa shape index (κ3) is 1.12. The van der Waals surface area contributed by atoms with E-state index in [1.165, 1.54) is 30.2 Å². The minimum atomic E-state index is 0.695. The van der Waals surface area contributed by atoms with E-state index in [4.69, 9.17) is 0 Å². The Labute approximate surface area is 135 Å². The van der Waals surface area contributed by atoms with Gasteiger partial charge in [-0.05, 0) is 44.6 Å². The largest absolute Gasteiger partial charge is 0.306 e. The summed E-state index contributed by atoms with van der Waals surface area (Å²) in [4.78, 5) is 2.79. The van der Waals surface area contributed by atoms with Crippen LogP contribution in [0.2, 0.25) is 0 Å². The second-order valence-electron chi connectivity index (χ2n) is 10.3. The molecule has 2 heterocycles. The van der Waals surface area contributed by atoms with Gasteiger partial charge < -0.3 is 4.48 Å². The molecule has 6 aliphatic rings. The second kappa shape index (κ2) is 3.61. The van der Waals surface area contributed by atoms with Crippen LogP contribution in [0.15, 0.2) is 0 Å². The van der Waals surface area contributed by atoms with E-state index < -0.39 is 0 Å². The number of hydrogen-bond donors (Lipinski definition) is 0. The van der Waals surface area contributed by atoms with Gasteiger partial charge in [0.1, 0.15) is 6.04 Å². The Kier molecular flexibility index (Phi) is 2.18. The average Bonchev–Trinajstić information content (AvgIpc) is 2.99. The van der Waals surface area contributed by atoms with Crippen molar-refractivity contribution in [2.75, 3.05) is 14.1 Å². The smallest absolute Gasteiger partial charge is 0.155 e. The summed E-state index contributed by atoms with van der Waals surface area (Å²) in [7, 11) is 5.14. The maximum atomic E-state index is 2.79. The fourth-order valence-electron chi connectivity index (χ4n) is 9.45. The summed E-state index contributed by atoms with van der Waals surface area (Å²) in [5.41, 5.74) is 1.46. The Morgan fingerprint density at radius 3 is 2.77 bits per heavy atom. The van der Waals surface area contributed by atoms with Crippen LogP contribution in [0, 0.1) is 17.8 Å². The van der Waals surface area contributed by atoms with Gasteiger partial charge in [0.15, 0.2) is 5.54 Å². The summed E-state index contributed by atoms with van der Waals surface area (Å²) in [6, 6.07) is 3.03. The number of quaternary nitrogens is 1. The number of nitrogens with zero attached hydrogens (tertiary/aromatic N) is 2. The zero-order valence-corrected chi connectivity index (χ0v) is 14.7. The van der Waals surface area contributed by atoms with E-state index >= 15 is 0 Å². The van der Waals surface area contributed by atoms with Crippen LogP contribution in [0.25, 0.3) is 0 Å². The summed E-state index contributed by atoms with van der Waals surface area (Å²) < 4.78 is 1.53. The summed E-state index contributed by atoms with van der Waals surface area (Å²) >= 11 is 0. The molecule has 0 aromatic carbocycles. The maximum absolute atomic E-state index is 2.79. The SMILES string of the molecule is CC1CC2CCC3C2(C1)[N+]3(C)C1CC2CCCC23C(C1)N3C. The lowest BCUT2D eigenvalue weighted by molar-refractivity contribution is -0.855. The van der Waals surface area contributed by atoms with Crippen molar-refractivity contribution in [1.29, 1.82) is 0 Å². The highest BCUT2D eigenvalue weighted by Gasteiger charge is 2.86. The molecule has 6 fully saturated rings. The third-order valence-corrected chi connectivity index (χ3v) is 10.2. The molecule has 2 nitrogen and oxygen atoms in total. The van der Waals surface area contributed by atoms with Crippen molar-refractivity contribution in [2.45, 2.75) is 93.9 Å². The molecule has 2 spiro atoms. The summed E-state index contributed by atoms with van der Waals surface area (Å²) in [6.07, 6.45) is 13.9. The quantitative estimate of drug-likeness (QED) is 0.530. The summed E-state index contributed by atoms with van der Waals surface area (Å²) in [6.45, 7) is 2.53. The molecule has 0 aromatic heterocycles. The lowest BCUT2D eigenvalue weighted by atomic mass is 9.77. The van der Waals surface area contributed by atoms with E-state index in [-0.39, 0.29) is 0 Å². The van der Waals surface area contributed by atoms with Gasteiger partial charge in [0.05, 0.1) is 13.1 Å². The van der Waals surface area contributed by atoms with Crippen molar-refractivity contribution >= 4 is 0 Å². The standard InChI is InChI=1S/C20H33N2/c1-13-9-15-6-7-18-20(15,12-13)22(18,3)16-10-14-5-4-8-19(14)17(11-16)21(19)2/h13-18H,4-12H2,1-3H3/q+1. The van der Waals surface area contributed by atoms with Crippen LogP contribution in [0.1, 0.15) is 64.7 Å². The van der Waals surface area contributed by atoms with Gasteiger partial charge in [0.2, 0.25) is 0 Å². The van der Waals surface area contributed by atoms with Crippen LogP contribution in [0.3, 0.4) is 0 Å². The normalized spacial score (nSPS) is 70.8. The third-order valence-electron chi connectivity index (χ3n) is 10.2. The Morgan fingerprint density at radius 1 is 1.05 bits per heavy atom. The molecule has 10 unspecified atom stereocenters. The van der Waals surface area contributed by atoms with Crippen molar-refractivity contribution in [3.63, 3.8) is 0 Å². The van der Waals surface area contributed by atoms with Crippen LogP contribution >= 0.6 is 0 Å². The Morgan fingerprint density at radius 2 is 1.91 bits per heavy atom. The van der Waals surface area contributed by atoms with Gasteiger partial charge in [-0.3, -0.25) is 4.90 Å². The van der Waals surface area contributed by atoms with Crippen LogP contribution in [-0.2, 0) is 0 Å². The molecule has 4 aliphatic carbocycles. The van der Waals surface area contributed by atoms with Crippen molar-refractivity contribution in [2.24, 2.45) is 17.8 Å². The number of piperidine rings is 1. The Bertz CT molecular complexity index is 546. The predicted octanol–water partition coefficient (Wildman–Crippen LogP) is 3.41. The molecular weight excluding hydrogens is 268 g/mol. The molecule has 2 heteroatoms. The zero-order chi connectivity index (χ0) is 14.9.